The summed E-state index contributed by atoms with van der Waals surface area (Å²) in [6.45, 7) is 8.37. The molecule has 0 radical (unpaired) electrons. The van der Waals surface area contributed by atoms with Crippen LogP contribution in [-0.4, -0.2) is 107 Å². The van der Waals surface area contributed by atoms with Gasteiger partial charge in [0, 0.05) is 12.5 Å². The molecule has 0 fully saturated rings. The van der Waals surface area contributed by atoms with Gasteiger partial charge in [-0.05, 0) is 43.1 Å². The third kappa shape index (κ3) is 17.0. The first-order valence-corrected chi connectivity index (χ1v) is 17.8. The molecule has 0 aliphatic rings. The summed E-state index contributed by atoms with van der Waals surface area (Å²) in [6.07, 6.45) is -0.345. The van der Waals surface area contributed by atoms with Crippen LogP contribution in [0.4, 0.5) is 0 Å². The number of aliphatic carboxylic acids is 1. The molecule has 0 spiro atoms. The summed E-state index contributed by atoms with van der Waals surface area (Å²) < 4.78 is 0. The number of aliphatic hydroxyl groups excluding tert-OH is 1. The lowest BCUT2D eigenvalue weighted by Gasteiger charge is -2.30. The van der Waals surface area contributed by atoms with Crippen molar-refractivity contribution in [3.05, 3.63) is 35.9 Å². The highest BCUT2D eigenvalue weighted by molar-refractivity contribution is 5.97. The standard InChI is InChI=1S/C35H58N10O9/c1-18(2)14-24(31(50)41-23(12-9-13-40-35(38)39)30(49)44-26(34(53)54)16-27(37)47)42-32(51)25(15-19(3)4)43-33(52)28(45-29(48)22(36)17-46)20(5)21-10-7-6-8-11-21/h6-8,10-11,18-20,22-26,28,46H,9,12-17,36H2,1-5H3,(H2,37,47)(H,41,50)(H,42,51)(H,43,52)(H,44,49)(H,45,48)(H,53,54)(H4,38,39,40)/t20-,22+,23+,24+,25+,26+,28+/m1/s1. The Labute approximate surface area is 315 Å². The molecule has 302 valence electrons. The second-order valence-corrected chi connectivity index (χ2v) is 13.9. The summed E-state index contributed by atoms with van der Waals surface area (Å²) in [6, 6.07) is 0.926. The molecular formula is C35H58N10O9. The number of amides is 6. The predicted octanol–water partition coefficient (Wildman–Crippen LogP) is -2.36. The SMILES string of the molecule is CC(C)C[C@H](NC(=O)[C@H](CC(C)C)NC(=O)[C@@H](NC(=O)[C@@H](N)CO)[C@H](C)c1ccccc1)C(=O)N[C@@H](CCCN=C(N)N)C(=O)N[C@@H](CC(N)=O)C(=O)O. The highest BCUT2D eigenvalue weighted by atomic mass is 16.4. The van der Waals surface area contributed by atoms with Gasteiger partial charge in [-0.1, -0.05) is 65.0 Å². The molecule has 0 saturated heterocycles. The molecule has 0 aliphatic carbocycles. The number of nitrogens with two attached hydrogens (primary N) is 4. The highest BCUT2D eigenvalue weighted by Crippen LogP contribution is 2.20. The van der Waals surface area contributed by atoms with Crippen molar-refractivity contribution < 1.29 is 43.8 Å². The molecule has 15 N–H and O–H groups in total. The van der Waals surface area contributed by atoms with Crippen molar-refractivity contribution in [3.63, 3.8) is 0 Å². The highest BCUT2D eigenvalue weighted by Gasteiger charge is 2.35. The molecule has 0 aromatic heterocycles. The van der Waals surface area contributed by atoms with Crippen LogP contribution in [0.3, 0.4) is 0 Å². The van der Waals surface area contributed by atoms with Crippen LogP contribution in [-0.2, 0) is 33.6 Å². The summed E-state index contributed by atoms with van der Waals surface area (Å²) in [7, 11) is 0. The number of nitrogens with zero attached hydrogens (tertiary/aromatic N) is 1. The Morgan fingerprint density at radius 1 is 0.685 bits per heavy atom. The minimum atomic E-state index is -1.67. The number of nitrogens with one attached hydrogen (secondary N) is 5. The fourth-order valence-electron chi connectivity index (χ4n) is 5.37. The van der Waals surface area contributed by atoms with Crippen molar-refractivity contribution >= 4 is 47.4 Å². The van der Waals surface area contributed by atoms with E-state index in [2.05, 4.69) is 31.6 Å². The molecule has 0 aliphatic heterocycles. The fraction of sp³-hybridized carbons (Fsp3) is 0.600. The summed E-state index contributed by atoms with van der Waals surface area (Å²) in [4.78, 5) is 94.5. The van der Waals surface area contributed by atoms with Gasteiger partial charge in [-0.25, -0.2) is 4.79 Å². The Bertz CT molecular complexity index is 1450. The summed E-state index contributed by atoms with van der Waals surface area (Å²) in [5.74, 6) is -7.49. The lowest BCUT2D eigenvalue weighted by molar-refractivity contribution is -0.143. The van der Waals surface area contributed by atoms with Gasteiger partial charge in [-0.2, -0.15) is 0 Å². The third-order valence-electron chi connectivity index (χ3n) is 8.22. The zero-order valence-electron chi connectivity index (χ0n) is 31.5. The van der Waals surface area contributed by atoms with Crippen LogP contribution >= 0.6 is 0 Å². The molecule has 19 heteroatoms. The van der Waals surface area contributed by atoms with E-state index >= 15 is 0 Å². The zero-order valence-corrected chi connectivity index (χ0v) is 31.5. The molecule has 6 amide bonds. The first-order valence-electron chi connectivity index (χ1n) is 17.8. The normalized spacial score (nSPS) is 15.0. The van der Waals surface area contributed by atoms with E-state index < -0.39 is 96.6 Å². The van der Waals surface area contributed by atoms with Crippen LogP contribution in [0.25, 0.3) is 0 Å². The largest absolute Gasteiger partial charge is 0.480 e. The monoisotopic (exact) mass is 762 g/mol. The molecular weight excluding hydrogens is 704 g/mol. The maximum atomic E-state index is 13.9. The topological polar surface area (TPSA) is 337 Å². The van der Waals surface area contributed by atoms with Gasteiger partial charge in [0.15, 0.2) is 5.96 Å². The lowest BCUT2D eigenvalue weighted by atomic mass is 9.91. The number of rotatable bonds is 24. The first-order chi connectivity index (χ1) is 25.3. The molecule has 0 saturated carbocycles. The lowest BCUT2D eigenvalue weighted by Crippen LogP contribution is -2.60. The summed E-state index contributed by atoms with van der Waals surface area (Å²) in [5.41, 5.74) is 22.3. The third-order valence-corrected chi connectivity index (χ3v) is 8.22. The number of guanidine groups is 1. The number of carboxylic acid groups (broad SMARTS) is 1. The molecule has 1 aromatic carbocycles. The maximum Gasteiger partial charge on any atom is 0.326 e. The Kier molecular flexibility index (Phi) is 20.2. The van der Waals surface area contributed by atoms with Gasteiger partial charge in [0.1, 0.15) is 36.3 Å². The van der Waals surface area contributed by atoms with Crippen LogP contribution < -0.4 is 49.5 Å². The van der Waals surface area contributed by atoms with Crippen molar-refractivity contribution in [1.82, 2.24) is 26.6 Å². The minimum absolute atomic E-state index is 0.0573. The van der Waals surface area contributed by atoms with E-state index in [9.17, 15) is 43.8 Å². The number of benzene rings is 1. The first kappa shape index (κ1) is 46.7. The van der Waals surface area contributed by atoms with E-state index in [0.29, 0.717) is 5.56 Å². The molecule has 1 rings (SSSR count). The quantitative estimate of drug-likeness (QED) is 0.0299. The van der Waals surface area contributed by atoms with Crippen molar-refractivity contribution in [3.8, 4) is 0 Å². The van der Waals surface area contributed by atoms with Crippen LogP contribution in [0.2, 0.25) is 0 Å². The van der Waals surface area contributed by atoms with E-state index in [1.54, 1.807) is 51.1 Å². The van der Waals surface area contributed by atoms with E-state index in [0.717, 1.165) is 0 Å². The minimum Gasteiger partial charge on any atom is -0.480 e. The Morgan fingerprint density at radius 2 is 1.17 bits per heavy atom. The fourth-order valence-corrected chi connectivity index (χ4v) is 5.37. The van der Waals surface area contributed by atoms with Crippen LogP contribution in [0.1, 0.15) is 78.2 Å². The summed E-state index contributed by atoms with van der Waals surface area (Å²) in [5, 5.41) is 31.7. The Balaban J connectivity index is 3.39. The number of hydrogen-bond acceptors (Lipinski definition) is 10. The smallest absolute Gasteiger partial charge is 0.326 e. The average molecular weight is 763 g/mol. The predicted molar refractivity (Wildman–Crippen MR) is 200 cm³/mol. The van der Waals surface area contributed by atoms with Crippen molar-refractivity contribution in [2.45, 2.75) is 109 Å². The maximum absolute atomic E-state index is 13.9. The Hall–Kier alpha value is -5.30. The molecule has 54 heavy (non-hydrogen) atoms. The number of hydrogen-bond donors (Lipinski definition) is 11. The van der Waals surface area contributed by atoms with Gasteiger partial charge in [0.05, 0.1) is 13.0 Å². The molecule has 0 bridgehead atoms. The molecule has 19 nitrogen and oxygen atoms in total. The second-order valence-electron chi connectivity index (χ2n) is 13.9. The number of aliphatic imine (C=N–C) groups is 1. The van der Waals surface area contributed by atoms with E-state index in [4.69, 9.17) is 22.9 Å². The van der Waals surface area contributed by atoms with Gasteiger partial charge in [-0.3, -0.25) is 33.8 Å². The van der Waals surface area contributed by atoms with Crippen LogP contribution in [0.5, 0.6) is 0 Å². The Morgan fingerprint density at radius 3 is 1.63 bits per heavy atom. The zero-order chi connectivity index (χ0) is 41.1. The van der Waals surface area contributed by atoms with Crippen LogP contribution in [0, 0.1) is 11.8 Å². The van der Waals surface area contributed by atoms with Crippen LogP contribution in [0.15, 0.2) is 35.3 Å². The van der Waals surface area contributed by atoms with Gasteiger partial charge in [0.2, 0.25) is 35.4 Å². The summed E-state index contributed by atoms with van der Waals surface area (Å²) >= 11 is 0. The van der Waals surface area contributed by atoms with Gasteiger partial charge >= 0.3 is 5.97 Å². The number of carboxylic acids is 1. The average Bonchev–Trinajstić information content (AvgIpc) is 3.09. The number of carbonyl (C=O) groups excluding carboxylic acids is 6. The van der Waals surface area contributed by atoms with E-state index in [1.165, 1.54) is 0 Å². The van der Waals surface area contributed by atoms with Gasteiger partial charge in [0.25, 0.3) is 0 Å². The number of aliphatic hydroxyl groups is 1. The molecule has 1 aromatic rings. The molecule has 7 atom stereocenters. The van der Waals surface area contributed by atoms with Gasteiger partial charge < -0.3 is 59.7 Å². The molecule has 0 unspecified atom stereocenters. The number of carbonyl (C=O) groups is 7. The van der Waals surface area contributed by atoms with E-state index in [-0.39, 0.29) is 50.0 Å². The van der Waals surface area contributed by atoms with Crippen molar-refractivity contribution in [1.29, 1.82) is 0 Å². The second kappa shape index (κ2) is 23.4. The molecule has 0 heterocycles. The number of primary amides is 1. The van der Waals surface area contributed by atoms with E-state index in [1.807, 2.05) is 13.8 Å². The van der Waals surface area contributed by atoms with Crippen molar-refractivity contribution in [2.75, 3.05) is 13.2 Å². The van der Waals surface area contributed by atoms with Crippen molar-refractivity contribution in [2.24, 2.45) is 39.8 Å². The van der Waals surface area contributed by atoms with Gasteiger partial charge in [-0.15, -0.1) is 0 Å².